The van der Waals surface area contributed by atoms with Gasteiger partial charge in [-0.25, -0.2) is 0 Å². The van der Waals surface area contributed by atoms with Crippen molar-refractivity contribution in [2.45, 2.75) is 89.7 Å². The van der Waals surface area contributed by atoms with Gasteiger partial charge >= 0.3 is 0 Å². The number of unbranched alkanes of at least 4 members (excludes halogenated alkanes) is 3. The molecule has 0 aliphatic heterocycles. The molecule has 0 amide bonds. The van der Waals surface area contributed by atoms with Gasteiger partial charge in [-0.05, 0) is 50.9 Å². The van der Waals surface area contributed by atoms with E-state index in [-0.39, 0.29) is 5.60 Å². The number of hydrogen-bond acceptors (Lipinski definition) is 2. The molecule has 19 heavy (non-hydrogen) atoms. The Balaban J connectivity index is 1.72. The molecule has 0 spiro atoms. The maximum absolute atomic E-state index is 6.38. The summed E-state index contributed by atoms with van der Waals surface area (Å²) >= 11 is 0. The van der Waals surface area contributed by atoms with Crippen molar-refractivity contribution in [3.8, 4) is 0 Å². The van der Waals surface area contributed by atoms with Crippen LogP contribution in [0.2, 0.25) is 0 Å². The first-order valence-electron chi connectivity index (χ1n) is 8.61. The molecule has 2 saturated carbocycles. The standard InChI is InChI=1S/C17H33NO/c1-3-4-5-6-13-19-17(14-18-16-7-8-16)11-9-15(2)10-12-17/h15-16,18H,3-14H2,1-2H3. The molecule has 0 saturated heterocycles. The number of ether oxygens (including phenoxy) is 1. The summed E-state index contributed by atoms with van der Waals surface area (Å²) in [7, 11) is 0. The SMILES string of the molecule is CCCCCCOC1(CNC2CC2)CCC(C)CC1. The Hall–Kier alpha value is -0.0800. The van der Waals surface area contributed by atoms with Crippen molar-refractivity contribution in [3.63, 3.8) is 0 Å². The molecule has 2 rings (SSSR count). The van der Waals surface area contributed by atoms with Crippen LogP contribution in [0.5, 0.6) is 0 Å². The van der Waals surface area contributed by atoms with E-state index in [0.29, 0.717) is 0 Å². The van der Waals surface area contributed by atoms with E-state index in [9.17, 15) is 0 Å². The van der Waals surface area contributed by atoms with E-state index in [2.05, 4.69) is 19.2 Å². The quantitative estimate of drug-likeness (QED) is 0.629. The van der Waals surface area contributed by atoms with E-state index in [4.69, 9.17) is 4.74 Å². The largest absolute Gasteiger partial charge is 0.374 e. The van der Waals surface area contributed by atoms with Crippen molar-refractivity contribution in [1.82, 2.24) is 5.32 Å². The molecule has 0 bridgehead atoms. The lowest BCUT2D eigenvalue weighted by atomic mass is 9.79. The van der Waals surface area contributed by atoms with Crippen molar-refractivity contribution in [3.05, 3.63) is 0 Å². The summed E-state index contributed by atoms with van der Waals surface area (Å²) in [6.07, 6.45) is 13.2. The van der Waals surface area contributed by atoms with Gasteiger partial charge < -0.3 is 10.1 Å². The first-order chi connectivity index (χ1) is 9.24. The third-order valence-corrected chi connectivity index (χ3v) is 4.88. The van der Waals surface area contributed by atoms with Crippen molar-refractivity contribution >= 4 is 0 Å². The van der Waals surface area contributed by atoms with Crippen LogP contribution in [0.25, 0.3) is 0 Å². The Bertz CT molecular complexity index is 242. The average Bonchev–Trinajstić information content (AvgIpc) is 3.24. The minimum Gasteiger partial charge on any atom is -0.374 e. The van der Waals surface area contributed by atoms with E-state index in [1.54, 1.807) is 0 Å². The highest BCUT2D eigenvalue weighted by Crippen LogP contribution is 2.35. The summed E-state index contributed by atoms with van der Waals surface area (Å²) in [5, 5.41) is 3.71. The van der Waals surface area contributed by atoms with Crippen LogP contribution >= 0.6 is 0 Å². The van der Waals surface area contributed by atoms with E-state index in [0.717, 1.165) is 25.1 Å². The zero-order valence-electron chi connectivity index (χ0n) is 13.0. The molecule has 2 aliphatic carbocycles. The monoisotopic (exact) mass is 267 g/mol. The second-order valence-corrected chi connectivity index (χ2v) is 6.93. The fourth-order valence-electron chi connectivity index (χ4n) is 3.10. The first-order valence-corrected chi connectivity index (χ1v) is 8.61. The summed E-state index contributed by atoms with van der Waals surface area (Å²) in [5.41, 5.74) is 0.168. The van der Waals surface area contributed by atoms with Crippen LogP contribution in [0.4, 0.5) is 0 Å². The van der Waals surface area contributed by atoms with Gasteiger partial charge in [-0.15, -0.1) is 0 Å². The Labute approximate surface area is 119 Å². The zero-order valence-corrected chi connectivity index (χ0v) is 13.0. The average molecular weight is 267 g/mol. The van der Waals surface area contributed by atoms with Crippen LogP contribution in [0.15, 0.2) is 0 Å². The zero-order chi connectivity index (χ0) is 13.6. The molecular weight excluding hydrogens is 234 g/mol. The van der Waals surface area contributed by atoms with Gasteiger partial charge in [0, 0.05) is 19.2 Å². The maximum atomic E-state index is 6.38. The maximum Gasteiger partial charge on any atom is 0.0806 e. The van der Waals surface area contributed by atoms with Gasteiger partial charge in [-0.3, -0.25) is 0 Å². The van der Waals surface area contributed by atoms with Gasteiger partial charge in [0.15, 0.2) is 0 Å². The van der Waals surface area contributed by atoms with Gasteiger partial charge in [0.05, 0.1) is 5.60 Å². The third-order valence-electron chi connectivity index (χ3n) is 4.88. The normalized spacial score (nSPS) is 31.6. The van der Waals surface area contributed by atoms with Crippen LogP contribution in [-0.4, -0.2) is 24.8 Å². The van der Waals surface area contributed by atoms with Gasteiger partial charge in [-0.1, -0.05) is 33.1 Å². The topological polar surface area (TPSA) is 21.3 Å². The Morgan fingerprint density at radius 1 is 1.05 bits per heavy atom. The summed E-state index contributed by atoms with van der Waals surface area (Å²) in [4.78, 5) is 0. The van der Waals surface area contributed by atoms with Gasteiger partial charge in [0.1, 0.15) is 0 Å². The number of rotatable bonds is 9. The summed E-state index contributed by atoms with van der Waals surface area (Å²) in [6, 6.07) is 0.805. The highest BCUT2D eigenvalue weighted by Gasteiger charge is 2.36. The molecule has 2 heteroatoms. The lowest BCUT2D eigenvalue weighted by Gasteiger charge is -2.40. The van der Waals surface area contributed by atoms with E-state index < -0.39 is 0 Å². The Kier molecular flexibility index (Phi) is 6.15. The second kappa shape index (κ2) is 7.64. The summed E-state index contributed by atoms with van der Waals surface area (Å²) in [6.45, 7) is 6.73. The number of hydrogen-bond donors (Lipinski definition) is 1. The van der Waals surface area contributed by atoms with Gasteiger partial charge in [-0.2, -0.15) is 0 Å². The van der Waals surface area contributed by atoms with E-state index in [1.165, 1.54) is 64.2 Å². The predicted molar refractivity (Wildman–Crippen MR) is 81.5 cm³/mol. The molecule has 0 atom stereocenters. The Morgan fingerprint density at radius 2 is 1.79 bits per heavy atom. The lowest BCUT2D eigenvalue weighted by molar-refractivity contribution is -0.0765. The molecule has 0 unspecified atom stereocenters. The van der Waals surface area contributed by atoms with Crippen LogP contribution in [0.3, 0.4) is 0 Å². The van der Waals surface area contributed by atoms with Crippen LogP contribution in [-0.2, 0) is 4.74 Å². The molecule has 112 valence electrons. The highest BCUT2D eigenvalue weighted by atomic mass is 16.5. The predicted octanol–water partition coefficient (Wildman–Crippen LogP) is 4.28. The van der Waals surface area contributed by atoms with Crippen LogP contribution < -0.4 is 5.32 Å². The molecule has 0 heterocycles. The van der Waals surface area contributed by atoms with Crippen molar-refractivity contribution in [2.24, 2.45) is 5.92 Å². The Morgan fingerprint density at radius 3 is 2.42 bits per heavy atom. The summed E-state index contributed by atoms with van der Waals surface area (Å²) in [5.74, 6) is 0.901. The molecular formula is C17H33NO. The highest BCUT2D eigenvalue weighted by molar-refractivity contribution is 4.92. The molecule has 0 radical (unpaired) electrons. The van der Waals surface area contributed by atoms with Gasteiger partial charge in [0.2, 0.25) is 0 Å². The van der Waals surface area contributed by atoms with Crippen LogP contribution in [0.1, 0.15) is 78.1 Å². The number of nitrogens with one attached hydrogen (secondary N) is 1. The minimum atomic E-state index is 0.168. The first kappa shape index (κ1) is 15.3. The fraction of sp³-hybridized carbons (Fsp3) is 1.00. The second-order valence-electron chi connectivity index (χ2n) is 6.93. The lowest BCUT2D eigenvalue weighted by Crippen LogP contribution is -2.46. The fourth-order valence-corrected chi connectivity index (χ4v) is 3.10. The molecule has 2 nitrogen and oxygen atoms in total. The smallest absolute Gasteiger partial charge is 0.0806 e. The van der Waals surface area contributed by atoms with Crippen molar-refractivity contribution < 1.29 is 4.74 Å². The third kappa shape index (κ3) is 5.43. The molecule has 0 aromatic heterocycles. The van der Waals surface area contributed by atoms with Gasteiger partial charge in [0.25, 0.3) is 0 Å². The molecule has 0 aromatic carbocycles. The minimum absolute atomic E-state index is 0.168. The molecule has 2 aliphatic rings. The van der Waals surface area contributed by atoms with Crippen molar-refractivity contribution in [1.29, 1.82) is 0 Å². The van der Waals surface area contributed by atoms with E-state index >= 15 is 0 Å². The molecule has 2 fully saturated rings. The van der Waals surface area contributed by atoms with E-state index in [1.807, 2.05) is 0 Å². The summed E-state index contributed by atoms with van der Waals surface area (Å²) < 4.78 is 6.38. The van der Waals surface area contributed by atoms with Crippen molar-refractivity contribution in [2.75, 3.05) is 13.2 Å². The van der Waals surface area contributed by atoms with Crippen LogP contribution in [0, 0.1) is 5.92 Å². The molecule has 0 aromatic rings. The molecule has 1 N–H and O–H groups in total.